The predicted octanol–water partition coefficient (Wildman–Crippen LogP) is 9.34. The van der Waals surface area contributed by atoms with Gasteiger partial charge in [-0.15, -0.1) is 0 Å². The monoisotopic (exact) mass is 759 g/mol. The lowest BCUT2D eigenvalue weighted by atomic mass is 10.1. The van der Waals surface area contributed by atoms with Crippen LogP contribution in [-0.2, 0) is 0 Å². The third kappa shape index (κ3) is 4.62. The van der Waals surface area contributed by atoms with Crippen molar-refractivity contribution < 1.29 is 4.42 Å². The van der Waals surface area contributed by atoms with E-state index in [-0.39, 0.29) is 0 Å². The minimum absolute atomic E-state index is 0.891. The molecule has 58 heavy (non-hydrogen) atoms. The van der Waals surface area contributed by atoms with Crippen molar-refractivity contribution >= 4 is 94.4 Å². The fourth-order valence-corrected chi connectivity index (χ4v) is 14.2. The van der Waals surface area contributed by atoms with Crippen molar-refractivity contribution in [1.29, 1.82) is 0 Å². The summed E-state index contributed by atoms with van der Waals surface area (Å²) in [6.45, 7) is 0. The molecular formula is C51H33N5OSi. The highest BCUT2D eigenvalue weighted by Crippen LogP contribution is 2.40. The highest BCUT2D eigenvalue weighted by molar-refractivity contribution is 7.19. The first-order chi connectivity index (χ1) is 28.8. The van der Waals surface area contributed by atoms with E-state index in [9.17, 15) is 0 Å². The van der Waals surface area contributed by atoms with Gasteiger partial charge in [0.25, 0.3) is 0 Å². The molecule has 0 N–H and O–H groups in total. The zero-order chi connectivity index (χ0) is 38.2. The maximum absolute atomic E-state index is 6.67. The lowest BCUT2D eigenvalue weighted by Gasteiger charge is -2.34. The van der Waals surface area contributed by atoms with Gasteiger partial charge in [-0.3, -0.25) is 15.0 Å². The van der Waals surface area contributed by atoms with Crippen LogP contribution in [0, 0.1) is 0 Å². The maximum atomic E-state index is 6.67. The first-order valence-corrected chi connectivity index (χ1v) is 21.5. The SMILES string of the molecule is c1cc(-n2c3ccccc3c3ccncc32)cc([Si](c2ccncc2)(c2ccncc2)c2ccc(-n3c4ccccc4c4ccc5c6ccccc6oc5c43)cc2)c1. The number of rotatable bonds is 6. The number of hydrogen-bond acceptors (Lipinski definition) is 4. The first kappa shape index (κ1) is 32.6. The zero-order valence-corrected chi connectivity index (χ0v) is 32.2. The van der Waals surface area contributed by atoms with E-state index >= 15 is 0 Å². The van der Waals surface area contributed by atoms with Gasteiger partial charge in [0.2, 0.25) is 0 Å². The Bertz CT molecular complexity index is 3420. The van der Waals surface area contributed by atoms with Crippen LogP contribution in [0.4, 0.5) is 0 Å². The summed E-state index contributed by atoms with van der Waals surface area (Å²) < 4.78 is 11.4. The van der Waals surface area contributed by atoms with Crippen LogP contribution in [0.2, 0.25) is 0 Å². The lowest BCUT2D eigenvalue weighted by Crippen LogP contribution is -2.74. The predicted molar refractivity (Wildman–Crippen MR) is 239 cm³/mol. The summed E-state index contributed by atoms with van der Waals surface area (Å²) in [6.07, 6.45) is 11.5. The molecule has 0 unspecified atom stereocenters. The van der Waals surface area contributed by atoms with Crippen molar-refractivity contribution in [3.63, 3.8) is 0 Å². The van der Waals surface area contributed by atoms with Gasteiger partial charge in [0.05, 0.1) is 28.3 Å². The molecule has 0 atom stereocenters. The molecule has 6 aromatic carbocycles. The number of hydrogen-bond donors (Lipinski definition) is 0. The van der Waals surface area contributed by atoms with Gasteiger partial charge in [-0.2, -0.15) is 0 Å². The quantitative estimate of drug-likeness (QED) is 0.159. The summed E-state index contributed by atoms with van der Waals surface area (Å²) in [7, 11) is -3.00. The topological polar surface area (TPSA) is 61.7 Å². The number of benzene rings is 6. The number of aromatic nitrogens is 5. The van der Waals surface area contributed by atoms with Crippen molar-refractivity contribution in [2.75, 3.05) is 0 Å². The molecule has 272 valence electrons. The third-order valence-corrected chi connectivity index (χ3v) is 16.8. The molecule has 0 bridgehead atoms. The van der Waals surface area contributed by atoms with Crippen LogP contribution in [-0.4, -0.2) is 32.2 Å². The van der Waals surface area contributed by atoms with Crippen molar-refractivity contribution in [2.24, 2.45) is 0 Å². The van der Waals surface area contributed by atoms with Crippen LogP contribution in [0.1, 0.15) is 0 Å². The van der Waals surface area contributed by atoms with E-state index in [1.807, 2.05) is 43.2 Å². The molecule has 7 heteroatoms. The number of pyridine rings is 3. The molecule has 12 rings (SSSR count). The highest BCUT2D eigenvalue weighted by atomic mass is 28.3. The number of furan rings is 1. The van der Waals surface area contributed by atoms with Gasteiger partial charge in [-0.25, -0.2) is 0 Å². The molecule has 0 aliphatic heterocycles. The normalized spacial score (nSPS) is 12.1. The molecule has 0 saturated carbocycles. The van der Waals surface area contributed by atoms with Crippen LogP contribution in [0.15, 0.2) is 205 Å². The van der Waals surface area contributed by atoms with E-state index in [0.717, 1.165) is 55.4 Å². The Morgan fingerprint density at radius 1 is 0.379 bits per heavy atom. The summed E-state index contributed by atoms with van der Waals surface area (Å²) in [4.78, 5) is 13.6. The molecular weight excluding hydrogens is 727 g/mol. The molecule has 0 radical (unpaired) electrons. The summed E-state index contributed by atoms with van der Waals surface area (Å²) in [5, 5.41) is 12.0. The smallest absolute Gasteiger partial charge is 0.179 e. The minimum Gasteiger partial charge on any atom is -0.454 e. The minimum atomic E-state index is -3.00. The summed E-state index contributed by atoms with van der Waals surface area (Å²) in [5.41, 5.74) is 8.39. The second-order valence-corrected chi connectivity index (χ2v) is 18.7. The molecule has 0 aliphatic carbocycles. The molecule has 0 spiro atoms. The fourth-order valence-electron chi connectivity index (χ4n) is 9.54. The van der Waals surface area contributed by atoms with E-state index in [4.69, 9.17) is 4.42 Å². The Balaban J connectivity index is 1.12. The highest BCUT2D eigenvalue weighted by Gasteiger charge is 2.42. The van der Waals surface area contributed by atoms with E-state index in [2.05, 4.69) is 182 Å². The fraction of sp³-hybridized carbons (Fsp3) is 0. The van der Waals surface area contributed by atoms with Gasteiger partial charge in [-0.05, 0) is 99.6 Å². The Labute approximate surface area is 333 Å². The third-order valence-electron chi connectivity index (χ3n) is 12.0. The average Bonchev–Trinajstić information content (AvgIpc) is 3.96. The largest absolute Gasteiger partial charge is 0.454 e. The maximum Gasteiger partial charge on any atom is 0.179 e. The molecule has 0 amide bonds. The zero-order valence-electron chi connectivity index (χ0n) is 31.2. The number of nitrogens with zero attached hydrogens (tertiary/aromatic N) is 5. The number of para-hydroxylation sites is 3. The van der Waals surface area contributed by atoms with E-state index in [0.29, 0.717) is 0 Å². The van der Waals surface area contributed by atoms with E-state index in [1.54, 1.807) is 0 Å². The van der Waals surface area contributed by atoms with Gasteiger partial charge < -0.3 is 13.6 Å². The van der Waals surface area contributed by atoms with Gasteiger partial charge in [-0.1, -0.05) is 84.9 Å². The van der Waals surface area contributed by atoms with E-state index in [1.165, 1.54) is 42.3 Å². The van der Waals surface area contributed by atoms with Crippen LogP contribution >= 0.6 is 0 Å². The van der Waals surface area contributed by atoms with Crippen LogP contribution < -0.4 is 20.7 Å². The number of fused-ring (bicyclic) bond motifs is 10. The van der Waals surface area contributed by atoms with Gasteiger partial charge in [0.1, 0.15) is 5.58 Å². The summed E-state index contributed by atoms with van der Waals surface area (Å²) in [6, 6.07) is 59.3. The van der Waals surface area contributed by atoms with Crippen LogP contribution in [0.5, 0.6) is 0 Å². The summed E-state index contributed by atoms with van der Waals surface area (Å²) >= 11 is 0. The van der Waals surface area contributed by atoms with Crippen molar-refractivity contribution in [1.82, 2.24) is 24.1 Å². The van der Waals surface area contributed by atoms with Crippen molar-refractivity contribution in [2.45, 2.75) is 0 Å². The molecule has 0 aliphatic rings. The Morgan fingerprint density at radius 3 is 1.71 bits per heavy atom. The molecule has 0 fully saturated rings. The van der Waals surface area contributed by atoms with Crippen molar-refractivity contribution in [3.8, 4) is 11.4 Å². The first-order valence-electron chi connectivity index (χ1n) is 19.5. The standard InChI is InChI=1S/C51H33N5OSi/c1-4-13-46-40(10-1)42-26-31-54-33-48(42)55(46)35-8-7-9-39(32-35)58(37-22-27-52-28-23-37,38-24-29-53-30-25-38)36-18-16-34(17-19-36)56-47-14-5-2-11-41(47)44-20-21-45-43-12-3-6-15-49(43)57-51(45)50(44)56/h1-33H. The second-order valence-electron chi connectivity index (χ2n) is 14.9. The molecule has 6 nitrogen and oxygen atoms in total. The second kappa shape index (κ2) is 12.7. The molecule has 12 aromatic rings. The van der Waals surface area contributed by atoms with Crippen LogP contribution in [0.3, 0.4) is 0 Å². The van der Waals surface area contributed by atoms with Gasteiger partial charge >= 0.3 is 0 Å². The Kier molecular flexibility index (Phi) is 7.15. The van der Waals surface area contributed by atoms with E-state index < -0.39 is 8.07 Å². The van der Waals surface area contributed by atoms with Gasteiger partial charge in [0.15, 0.2) is 13.7 Å². The molecule has 6 aromatic heterocycles. The molecule has 6 heterocycles. The summed E-state index contributed by atoms with van der Waals surface area (Å²) in [5.74, 6) is 0. The lowest BCUT2D eigenvalue weighted by molar-refractivity contribution is 0.671. The van der Waals surface area contributed by atoms with Crippen molar-refractivity contribution in [3.05, 3.63) is 201 Å². The van der Waals surface area contributed by atoms with Crippen LogP contribution in [0.25, 0.3) is 76.9 Å². The Morgan fingerprint density at radius 2 is 0.966 bits per heavy atom. The molecule has 0 saturated heterocycles. The average molecular weight is 760 g/mol. The van der Waals surface area contributed by atoms with Gasteiger partial charge in [0, 0.05) is 74.7 Å². The Hall–Kier alpha value is -7.61.